The number of hydrogen-bond acceptors (Lipinski definition) is 3. The maximum atomic E-state index is 13.4. The lowest BCUT2D eigenvalue weighted by Gasteiger charge is -2.26. The molecule has 0 bridgehead atoms. The molecule has 1 N–H and O–H groups in total. The standard InChI is InChI=1S/C30H35FN2O2/c1-21-18-24-6-5-16-32-28(24)27(19-21)35-29(34)33(17-15-22-9-13-26(31)14-10-22)20-23-7-11-25(12-8-23)30(2,3)4/h7-14,18-19,32H,5-6,15-17,20H2,1-4H3. The molecule has 0 unspecified atom stereocenters. The van der Waals surface area contributed by atoms with Gasteiger partial charge in [0.05, 0.1) is 5.69 Å². The van der Waals surface area contributed by atoms with Crippen molar-refractivity contribution in [2.75, 3.05) is 18.4 Å². The number of fused-ring (bicyclic) bond motifs is 1. The van der Waals surface area contributed by atoms with Crippen LogP contribution in [0.2, 0.25) is 0 Å². The Bertz CT molecular complexity index is 1160. The topological polar surface area (TPSA) is 41.6 Å². The van der Waals surface area contributed by atoms with Crippen molar-refractivity contribution in [1.29, 1.82) is 0 Å². The Hall–Kier alpha value is -3.34. The molecule has 0 fully saturated rings. The van der Waals surface area contributed by atoms with Gasteiger partial charge in [-0.15, -0.1) is 0 Å². The molecule has 35 heavy (non-hydrogen) atoms. The monoisotopic (exact) mass is 474 g/mol. The number of hydrogen-bond donors (Lipinski definition) is 1. The van der Waals surface area contributed by atoms with Gasteiger partial charge >= 0.3 is 6.09 Å². The van der Waals surface area contributed by atoms with E-state index in [1.54, 1.807) is 17.0 Å². The van der Waals surface area contributed by atoms with Crippen molar-refractivity contribution >= 4 is 11.8 Å². The molecule has 0 saturated heterocycles. The van der Waals surface area contributed by atoms with Crippen LogP contribution >= 0.6 is 0 Å². The van der Waals surface area contributed by atoms with E-state index < -0.39 is 0 Å². The lowest BCUT2D eigenvalue weighted by atomic mass is 9.87. The zero-order valence-corrected chi connectivity index (χ0v) is 21.2. The minimum atomic E-state index is -0.382. The van der Waals surface area contributed by atoms with Crippen LogP contribution in [0.3, 0.4) is 0 Å². The van der Waals surface area contributed by atoms with E-state index in [1.165, 1.54) is 23.3 Å². The number of benzene rings is 3. The minimum absolute atomic E-state index is 0.0665. The maximum absolute atomic E-state index is 13.4. The van der Waals surface area contributed by atoms with Crippen LogP contribution in [0.25, 0.3) is 0 Å². The van der Waals surface area contributed by atoms with Crippen molar-refractivity contribution in [1.82, 2.24) is 4.90 Å². The van der Waals surface area contributed by atoms with Crippen LogP contribution in [0.1, 0.15) is 55.0 Å². The molecule has 0 aromatic heterocycles. The number of aryl methyl sites for hydroxylation is 2. The number of rotatable bonds is 6. The predicted octanol–water partition coefficient (Wildman–Crippen LogP) is 7.03. The van der Waals surface area contributed by atoms with Crippen LogP contribution in [0.4, 0.5) is 14.9 Å². The van der Waals surface area contributed by atoms with Gasteiger partial charge in [-0.25, -0.2) is 9.18 Å². The second-order valence-electron chi connectivity index (χ2n) is 10.4. The van der Waals surface area contributed by atoms with Crippen molar-refractivity contribution in [3.63, 3.8) is 0 Å². The summed E-state index contributed by atoms with van der Waals surface area (Å²) in [5.41, 5.74) is 6.51. The molecule has 0 radical (unpaired) electrons. The van der Waals surface area contributed by atoms with Crippen molar-refractivity contribution in [2.45, 2.75) is 58.9 Å². The molecule has 5 heteroatoms. The summed E-state index contributed by atoms with van der Waals surface area (Å²) in [6.45, 7) is 10.4. The van der Waals surface area contributed by atoms with Crippen molar-refractivity contribution in [3.05, 3.63) is 94.3 Å². The molecular weight excluding hydrogens is 439 g/mol. The van der Waals surface area contributed by atoms with Gasteiger partial charge in [0.25, 0.3) is 0 Å². The highest BCUT2D eigenvalue weighted by Crippen LogP contribution is 2.34. The second-order valence-corrected chi connectivity index (χ2v) is 10.4. The highest BCUT2D eigenvalue weighted by atomic mass is 19.1. The van der Waals surface area contributed by atoms with E-state index in [1.807, 2.05) is 13.0 Å². The normalized spacial score (nSPS) is 13.1. The Morgan fingerprint density at radius 3 is 2.40 bits per heavy atom. The molecule has 0 saturated carbocycles. The molecule has 0 aliphatic carbocycles. The third-order valence-electron chi connectivity index (χ3n) is 6.49. The van der Waals surface area contributed by atoms with Gasteiger partial charge in [0.2, 0.25) is 0 Å². The molecule has 1 aliphatic rings. The molecule has 0 atom stereocenters. The van der Waals surface area contributed by atoms with Gasteiger partial charge in [-0.2, -0.15) is 0 Å². The van der Waals surface area contributed by atoms with Gasteiger partial charge in [0.1, 0.15) is 5.82 Å². The largest absolute Gasteiger partial charge is 0.415 e. The number of nitrogens with zero attached hydrogens (tertiary/aromatic N) is 1. The molecule has 1 amide bonds. The van der Waals surface area contributed by atoms with Gasteiger partial charge < -0.3 is 15.0 Å². The van der Waals surface area contributed by atoms with Crippen LogP contribution in [-0.2, 0) is 24.8 Å². The van der Waals surface area contributed by atoms with Crippen LogP contribution in [0, 0.1) is 12.7 Å². The summed E-state index contributed by atoms with van der Waals surface area (Å²) in [5, 5.41) is 3.40. The van der Waals surface area contributed by atoms with Gasteiger partial charge in [0.15, 0.2) is 5.75 Å². The Morgan fingerprint density at radius 1 is 1.03 bits per heavy atom. The summed E-state index contributed by atoms with van der Waals surface area (Å²) >= 11 is 0. The Kier molecular flexibility index (Phi) is 7.44. The van der Waals surface area contributed by atoms with Crippen molar-refractivity contribution < 1.29 is 13.9 Å². The lowest BCUT2D eigenvalue weighted by Crippen LogP contribution is -2.35. The fraction of sp³-hybridized carbons (Fsp3) is 0.367. The van der Waals surface area contributed by atoms with E-state index in [4.69, 9.17) is 4.74 Å². The first kappa shape index (κ1) is 24.8. The van der Waals surface area contributed by atoms with Crippen LogP contribution < -0.4 is 10.1 Å². The summed E-state index contributed by atoms with van der Waals surface area (Å²) in [4.78, 5) is 15.2. The summed E-state index contributed by atoms with van der Waals surface area (Å²) in [6.07, 6.45) is 2.27. The summed E-state index contributed by atoms with van der Waals surface area (Å²) in [6, 6.07) is 18.9. The second kappa shape index (κ2) is 10.5. The fourth-order valence-electron chi connectivity index (χ4n) is 4.44. The molecular formula is C30H35FN2O2. The quantitative estimate of drug-likeness (QED) is 0.417. The van der Waals surface area contributed by atoms with Gasteiger partial charge in [0, 0.05) is 19.6 Å². The van der Waals surface area contributed by atoms with Crippen molar-refractivity contribution in [3.8, 4) is 5.75 Å². The Balaban J connectivity index is 1.55. The summed E-state index contributed by atoms with van der Waals surface area (Å²) in [7, 11) is 0. The first-order chi connectivity index (χ1) is 16.7. The first-order valence-corrected chi connectivity index (χ1v) is 12.4. The van der Waals surface area contributed by atoms with Gasteiger partial charge in [-0.1, -0.05) is 63.2 Å². The van der Waals surface area contributed by atoms with E-state index in [-0.39, 0.29) is 17.3 Å². The zero-order chi connectivity index (χ0) is 25.0. The van der Waals surface area contributed by atoms with Gasteiger partial charge in [-0.3, -0.25) is 0 Å². The van der Waals surface area contributed by atoms with E-state index >= 15 is 0 Å². The minimum Gasteiger partial charge on any atom is -0.408 e. The number of nitrogens with one attached hydrogen (secondary N) is 1. The third kappa shape index (κ3) is 6.41. The number of halogens is 1. The Morgan fingerprint density at radius 2 is 1.71 bits per heavy atom. The molecule has 3 aromatic rings. The number of ether oxygens (including phenoxy) is 1. The first-order valence-electron chi connectivity index (χ1n) is 12.4. The molecule has 0 spiro atoms. The van der Waals surface area contributed by atoms with Crippen LogP contribution in [0.5, 0.6) is 5.75 Å². The summed E-state index contributed by atoms with van der Waals surface area (Å²) in [5.74, 6) is 0.320. The highest BCUT2D eigenvalue weighted by molar-refractivity contribution is 5.75. The van der Waals surface area contributed by atoms with Crippen LogP contribution in [0.15, 0.2) is 60.7 Å². The average Bonchev–Trinajstić information content (AvgIpc) is 2.82. The molecule has 1 aliphatic heterocycles. The predicted molar refractivity (Wildman–Crippen MR) is 140 cm³/mol. The molecule has 3 aromatic carbocycles. The van der Waals surface area contributed by atoms with E-state index in [2.05, 4.69) is 56.4 Å². The number of carbonyl (C=O) groups excluding carboxylic acids is 1. The fourth-order valence-corrected chi connectivity index (χ4v) is 4.44. The smallest absolute Gasteiger partial charge is 0.408 e. The van der Waals surface area contributed by atoms with Crippen LogP contribution in [-0.4, -0.2) is 24.1 Å². The van der Waals surface area contributed by atoms with E-state index in [0.717, 1.165) is 41.8 Å². The summed E-state index contributed by atoms with van der Waals surface area (Å²) < 4.78 is 19.3. The molecule has 184 valence electrons. The van der Waals surface area contributed by atoms with E-state index in [0.29, 0.717) is 25.3 Å². The van der Waals surface area contributed by atoms with Crippen molar-refractivity contribution in [2.24, 2.45) is 0 Å². The number of amides is 1. The third-order valence-corrected chi connectivity index (χ3v) is 6.49. The average molecular weight is 475 g/mol. The molecule has 4 rings (SSSR count). The number of carbonyl (C=O) groups is 1. The number of anilines is 1. The zero-order valence-electron chi connectivity index (χ0n) is 21.2. The van der Waals surface area contributed by atoms with Gasteiger partial charge in [-0.05, 0) is 77.6 Å². The molecule has 4 nitrogen and oxygen atoms in total. The maximum Gasteiger partial charge on any atom is 0.415 e. The molecule has 1 heterocycles. The Labute approximate surface area is 208 Å². The lowest BCUT2D eigenvalue weighted by molar-refractivity contribution is 0.150. The van der Waals surface area contributed by atoms with E-state index in [9.17, 15) is 9.18 Å². The highest BCUT2D eigenvalue weighted by Gasteiger charge is 2.22. The SMILES string of the molecule is Cc1cc2c(c(OC(=O)N(CCc3ccc(F)cc3)Cc3ccc(C(C)(C)C)cc3)c1)NCCC2.